The van der Waals surface area contributed by atoms with Crippen LogP contribution in [0.2, 0.25) is 5.02 Å². The van der Waals surface area contributed by atoms with E-state index in [2.05, 4.69) is 9.97 Å². The first-order valence-electron chi connectivity index (χ1n) is 8.27. The van der Waals surface area contributed by atoms with Gasteiger partial charge in [-0.3, -0.25) is 4.79 Å². The number of pyridine rings is 2. The number of aryl methyl sites for hydroxylation is 1. The molecule has 1 aromatic carbocycles. The van der Waals surface area contributed by atoms with Gasteiger partial charge in [0.1, 0.15) is 6.07 Å². The highest BCUT2D eigenvalue weighted by Gasteiger charge is 2.49. The summed E-state index contributed by atoms with van der Waals surface area (Å²) in [6, 6.07) is 7.52. The van der Waals surface area contributed by atoms with Crippen LogP contribution in [0, 0.1) is 18.3 Å². The highest BCUT2D eigenvalue weighted by molar-refractivity contribution is 6.31. The summed E-state index contributed by atoms with van der Waals surface area (Å²) in [4.78, 5) is 19.4. The largest absolute Gasteiger partial charge is 0.397 e. The number of fused-ring (bicyclic) bond motifs is 1. The molecule has 0 spiro atoms. The van der Waals surface area contributed by atoms with Gasteiger partial charge in [0.05, 0.1) is 22.0 Å². The Bertz CT molecular complexity index is 1190. The summed E-state index contributed by atoms with van der Waals surface area (Å²) in [6.07, 6.45) is -3.07. The number of rotatable bonds is 2. The lowest BCUT2D eigenvalue weighted by Crippen LogP contribution is -2.36. The van der Waals surface area contributed by atoms with Gasteiger partial charge in [-0.05, 0) is 44.0 Å². The Hall–Kier alpha value is -2.85. The van der Waals surface area contributed by atoms with Gasteiger partial charge < -0.3 is 4.98 Å². The molecule has 0 saturated carbocycles. The third-order valence-corrected chi connectivity index (χ3v) is 5.15. The number of alkyl halides is 3. The van der Waals surface area contributed by atoms with Crippen molar-refractivity contribution in [2.45, 2.75) is 32.4 Å². The van der Waals surface area contributed by atoms with Crippen LogP contribution in [-0.2, 0) is 5.41 Å². The third kappa shape index (κ3) is 3.14. The molecule has 0 aliphatic rings. The number of nitrogens with one attached hydrogen (secondary N) is 1. The first-order valence-corrected chi connectivity index (χ1v) is 8.65. The maximum absolute atomic E-state index is 13.4. The molecule has 4 nitrogen and oxygen atoms in total. The van der Waals surface area contributed by atoms with Crippen molar-refractivity contribution in [2.24, 2.45) is 0 Å². The van der Waals surface area contributed by atoms with Crippen LogP contribution in [0.4, 0.5) is 13.2 Å². The van der Waals surface area contributed by atoms with Crippen LogP contribution < -0.4 is 5.43 Å². The zero-order valence-electron chi connectivity index (χ0n) is 15.2. The molecule has 0 bridgehead atoms. The van der Waals surface area contributed by atoms with Gasteiger partial charge in [-0.25, -0.2) is 4.98 Å². The summed E-state index contributed by atoms with van der Waals surface area (Å²) in [6.45, 7) is 3.79. The molecule has 3 aromatic rings. The highest BCUT2D eigenvalue weighted by Crippen LogP contribution is 2.44. The van der Waals surface area contributed by atoms with Gasteiger partial charge in [0.25, 0.3) is 0 Å². The normalized spacial score (nSPS) is 12.2. The van der Waals surface area contributed by atoms with Crippen molar-refractivity contribution in [2.75, 3.05) is 0 Å². The molecule has 2 heterocycles. The van der Waals surface area contributed by atoms with E-state index in [0.29, 0.717) is 22.3 Å². The van der Waals surface area contributed by atoms with Gasteiger partial charge in [-0.2, -0.15) is 18.4 Å². The zero-order chi connectivity index (χ0) is 20.9. The number of hydrogen-bond acceptors (Lipinski definition) is 3. The summed E-state index contributed by atoms with van der Waals surface area (Å²) < 4.78 is 40.2. The SMILES string of the molecule is Cc1cc(C(C)(C)C(F)(F)F)c(Cl)cc1-c1cc(=O)c2c(C#N)nccc2[nH]1. The van der Waals surface area contributed by atoms with Crippen LogP contribution in [0.25, 0.3) is 22.2 Å². The first kappa shape index (κ1) is 19.9. The minimum Gasteiger partial charge on any atom is -0.354 e. The average Bonchev–Trinajstić information content (AvgIpc) is 2.61. The second-order valence-corrected chi connectivity index (χ2v) is 7.42. The summed E-state index contributed by atoms with van der Waals surface area (Å²) in [7, 11) is 0. The molecule has 0 fully saturated rings. The van der Waals surface area contributed by atoms with E-state index in [0.717, 1.165) is 13.8 Å². The Kier molecular flexibility index (Phi) is 4.72. The lowest BCUT2D eigenvalue weighted by atomic mass is 9.82. The molecular formula is C20H15ClF3N3O. The Morgan fingerprint density at radius 2 is 1.89 bits per heavy atom. The molecule has 0 unspecified atom stereocenters. The second-order valence-electron chi connectivity index (χ2n) is 7.01. The van der Waals surface area contributed by atoms with Crippen molar-refractivity contribution in [1.82, 2.24) is 9.97 Å². The van der Waals surface area contributed by atoms with E-state index in [-0.39, 0.29) is 21.7 Å². The lowest BCUT2D eigenvalue weighted by molar-refractivity contribution is -0.180. The summed E-state index contributed by atoms with van der Waals surface area (Å²) in [5.74, 6) is 0. The van der Waals surface area contributed by atoms with Crippen molar-refractivity contribution in [3.63, 3.8) is 0 Å². The molecule has 3 rings (SSSR count). The number of nitriles is 1. The number of H-pyrrole nitrogens is 1. The second kappa shape index (κ2) is 6.64. The quantitative estimate of drug-likeness (QED) is 0.632. The standard InChI is InChI=1S/C20H15ClF3N3O/c1-10-6-12(19(2,3)20(22,23)24)13(21)7-11(10)15-8-17(28)18-14(27-15)4-5-26-16(18)9-25/h4-8H,1-3H3,(H,27,28). The van der Waals surface area contributed by atoms with Gasteiger partial charge in [-0.15, -0.1) is 0 Å². The Labute approximate surface area is 163 Å². The van der Waals surface area contributed by atoms with Crippen molar-refractivity contribution < 1.29 is 13.2 Å². The topological polar surface area (TPSA) is 69.5 Å². The third-order valence-electron chi connectivity index (χ3n) is 4.83. The molecule has 0 aliphatic heterocycles. The van der Waals surface area contributed by atoms with Crippen molar-refractivity contribution in [1.29, 1.82) is 5.26 Å². The fourth-order valence-electron chi connectivity index (χ4n) is 3.03. The van der Waals surface area contributed by atoms with Gasteiger partial charge >= 0.3 is 6.18 Å². The molecule has 1 N–H and O–H groups in total. The molecular weight excluding hydrogens is 391 g/mol. The molecule has 8 heteroatoms. The Morgan fingerprint density at radius 3 is 2.50 bits per heavy atom. The van der Waals surface area contributed by atoms with E-state index in [1.54, 1.807) is 13.0 Å². The van der Waals surface area contributed by atoms with Crippen LogP contribution >= 0.6 is 11.6 Å². The minimum absolute atomic E-state index is 0.00216. The van der Waals surface area contributed by atoms with E-state index < -0.39 is 17.0 Å². The fraction of sp³-hybridized carbons (Fsp3) is 0.250. The maximum atomic E-state index is 13.4. The predicted octanol–water partition coefficient (Wildman–Crippen LogP) is 5.26. The molecule has 144 valence electrons. The molecule has 28 heavy (non-hydrogen) atoms. The average molecular weight is 406 g/mol. The van der Waals surface area contributed by atoms with Crippen LogP contribution in [0.15, 0.2) is 35.3 Å². The number of aromatic nitrogens is 2. The van der Waals surface area contributed by atoms with Crippen molar-refractivity contribution >= 4 is 22.5 Å². The molecule has 0 atom stereocenters. The molecule has 0 radical (unpaired) electrons. The number of halogens is 4. The van der Waals surface area contributed by atoms with E-state index in [1.807, 2.05) is 6.07 Å². The van der Waals surface area contributed by atoms with Crippen LogP contribution in [0.1, 0.15) is 30.7 Å². The van der Waals surface area contributed by atoms with E-state index in [4.69, 9.17) is 16.9 Å². The van der Waals surface area contributed by atoms with Gasteiger partial charge in [0, 0.05) is 22.8 Å². The van der Waals surface area contributed by atoms with Gasteiger partial charge in [0.15, 0.2) is 11.1 Å². The van der Waals surface area contributed by atoms with Crippen molar-refractivity contribution in [3.8, 4) is 17.3 Å². The van der Waals surface area contributed by atoms with Gasteiger partial charge in [0.2, 0.25) is 0 Å². The number of hydrogen-bond donors (Lipinski definition) is 1. The molecule has 2 aromatic heterocycles. The number of aromatic amines is 1. The lowest BCUT2D eigenvalue weighted by Gasteiger charge is -2.30. The summed E-state index contributed by atoms with van der Waals surface area (Å²) in [5.41, 5.74) is -0.750. The van der Waals surface area contributed by atoms with E-state index in [1.165, 1.54) is 24.4 Å². The summed E-state index contributed by atoms with van der Waals surface area (Å²) in [5, 5.41) is 9.24. The fourth-order valence-corrected chi connectivity index (χ4v) is 3.43. The predicted molar refractivity (Wildman–Crippen MR) is 101 cm³/mol. The van der Waals surface area contributed by atoms with Crippen molar-refractivity contribution in [3.05, 3.63) is 62.5 Å². The first-order chi connectivity index (χ1) is 13.0. The maximum Gasteiger partial charge on any atom is 0.397 e. The van der Waals surface area contributed by atoms with Gasteiger partial charge in [-0.1, -0.05) is 17.7 Å². The Balaban J connectivity index is 2.23. The smallest absolute Gasteiger partial charge is 0.354 e. The summed E-state index contributed by atoms with van der Waals surface area (Å²) >= 11 is 6.20. The minimum atomic E-state index is -4.47. The highest BCUT2D eigenvalue weighted by atomic mass is 35.5. The van der Waals surface area contributed by atoms with Crippen LogP contribution in [0.3, 0.4) is 0 Å². The number of benzene rings is 1. The van der Waals surface area contributed by atoms with Crippen LogP contribution in [-0.4, -0.2) is 16.1 Å². The zero-order valence-corrected chi connectivity index (χ0v) is 16.0. The van der Waals surface area contributed by atoms with Crippen LogP contribution in [0.5, 0.6) is 0 Å². The van der Waals surface area contributed by atoms with E-state index in [9.17, 15) is 18.0 Å². The molecule has 0 amide bonds. The molecule has 0 aliphatic carbocycles. The number of nitrogens with zero attached hydrogens (tertiary/aromatic N) is 2. The Morgan fingerprint density at radius 1 is 1.21 bits per heavy atom. The molecule has 0 saturated heterocycles. The monoisotopic (exact) mass is 405 g/mol. The van der Waals surface area contributed by atoms with E-state index >= 15 is 0 Å².